The second-order valence-corrected chi connectivity index (χ2v) is 18.2. The molecule has 0 radical (unpaired) electrons. The Morgan fingerprint density at radius 1 is 0.986 bits per heavy atom. The number of esters is 1. The number of allylic oxidation sites excluding steroid dienone is 1. The molecule has 2 aromatic carbocycles. The lowest BCUT2D eigenvalue weighted by molar-refractivity contribution is -0.172. The minimum absolute atomic E-state index is 0.0246. The van der Waals surface area contributed by atoms with Crippen LogP contribution in [-0.2, 0) is 55.6 Å². The highest BCUT2D eigenvalue weighted by molar-refractivity contribution is 5.98. The summed E-state index contributed by atoms with van der Waals surface area (Å²) in [6.07, 6.45) is 1.49. The minimum Gasteiger partial charge on any atom is -0.458 e. The van der Waals surface area contributed by atoms with E-state index < -0.39 is 47.8 Å². The molecule has 0 aliphatic carbocycles. The molecule has 7 N–H and O–H groups in total. The molecule has 70 heavy (non-hydrogen) atoms. The molecule has 0 fully saturated rings. The number of carbonyl (C=O) groups is 6. The first-order chi connectivity index (χ1) is 33.3. The summed E-state index contributed by atoms with van der Waals surface area (Å²) in [5.41, 5.74) is 7.58. The third-order valence-electron chi connectivity index (χ3n) is 12.4. The maximum Gasteiger partial charge on any atom is 0.415 e. The molecule has 0 saturated heterocycles. The monoisotopic (exact) mass is 965 g/mol. The third-order valence-corrected chi connectivity index (χ3v) is 12.4. The van der Waals surface area contributed by atoms with Crippen LogP contribution in [0.5, 0.6) is 5.75 Å². The number of cyclic esters (lactones) is 1. The first-order valence-electron chi connectivity index (χ1n) is 23.3. The van der Waals surface area contributed by atoms with Crippen LogP contribution in [0.2, 0.25) is 0 Å². The van der Waals surface area contributed by atoms with E-state index in [1.54, 1.807) is 66.1 Å². The van der Waals surface area contributed by atoms with Gasteiger partial charge in [0.05, 0.1) is 35.1 Å². The van der Waals surface area contributed by atoms with Gasteiger partial charge in [-0.15, -0.1) is 6.58 Å². The van der Waals surface area contributed by atoms with Crippen LogP contribution in [0, 0.1) is 5.92 Å². The van der Waals surface area contributed by atoms with Crippen LogP contribution in [0.15, 0.2) is 66.0 Å². The Kier molecular flexibility index (Phi) is 16.7. The molecule has 0 saturated carbocycles. The summed E-state index contributed by atoms with van der Waals surface area (Å²) in [5, 5.41) is 23.4. The van der Waals surface area contributed by atoms with Crippen molar-refractivity contribution in [1.29, 1.82) is 0 Å². The van der Waals surface area contributed by atoms with Crippen molar-refractivity contribution in [3.05, 3.63) is 99.4 Å². The zero-order valence-electron chi connectivity index (χ0n) is 40.7. The van der Waals surface area contributed by atoms with Crippen molar-refractivity contribution in [1.82, 2.24) is 35.3 Å². The summed E-state index contributed by atoms with van der Waals surface area (Å²) in [6, 6.07) is 11.3. The van der Waals surface area contributed by atoms with Crippen molar-refractivity contribution >= 4 is 52.6 Å². The molecule has 6 amide bonds. The molecule has 2 aliphatic heterocycles. The highest BCUT2D eigenvalue weighted by atomic mass is 16.6. The molecular weight excluding hydrogens is 903 g/mol. The fourth-order valence-corrected chi connectivity index (χ4v) is 8.39. The molecule has 2 aromatic heterocycles. The van der Waals surface area contributed by atoms with Gasteiger partial charge >= 0.3 is 24.2 Å². The van der Waals surface area contributed by atoms with E-state index in [4.69, 9.17) is 24.9 Å². The van der Waals surface area contributed by atoms with Gasteiger partial charge in [0.2, 0.25) is 11.8 Å². The average molecular weight is 966 g/mol. The lowest BCUT2D eigenvalue weighted by atomic mass is 9.86. The number of anilines is 1. The van der Waals surface area contributed by atoms with E-state index >= 15 is 0 Å². The van der Waals surface area contributed by atoms with Crippen LogP contribution >= 0.6 is 0 Å². The fourth-order valence-electron chi connectivity index (χ4n) is 8.39. The number of ether oxygens (including phenoxy) is 3. The van der Waals surface area contributed by atoms with E-state index in [0.717, 1.165) is 11.1 Å². The second-order valence-electron chi connectivity index (χ2n) is 18.2. The van der Waals surface area contributed by atoms with Crippen LogP contribution in [0.4, 0.5) is 20.1 Å². The van der Waals surface area contributed by atoms with Gasteiger partial charge in [0.15, 0.2) is 5.60 Å². The topological polar surface area (TPSA) is 266 Å². The molecule has 4 aromatic rings. The van der Waals surface area contributed by atoms with Crippen molar-refractivity contribution in [2.75, 3.05) is 39.0 Å². The van der Waals surface area contributed by atoms with Crippen molar-refractivity contribution in [2.45, 2.75) is 104 Å². The number of urea groups is 1. The molecule has 4 heterocycles. The maximum absolute atomic E-state index is 13.8. The summed E-state index contributed by atoms with van der Waals surface area (Å²) in [6.45, 7) is 13.6. The number of nitrogens with two attached hydrogens (primary N) is 1. The highest BCUT2D eigenvalue weighted by Crippen LogP contribution is 2.41. The van der Waals surface area contributed by atoms with Crippen molar-refractivity contribution in [2.24, 2.45) is 11.7 Å². The number of hydrogen-bond donors (Lipinski definition) is 6. The minimum atomic E-state index is -1.95. The number of fused-ring (bicyclic) bond motifs is 5. The number of likely N-dealkylation sites (N-methyl/N-ethyl adjacent to an activating group) is 2. The van der Waals surface area contributed by atoms with Gasteiger partial charge < -0.3 is 60.7 Å². The number of pyridine rings is 2. The van der Waals surface area contributed by atoms with Gasteiger partial charge in [-0.25, -0.2) is 24.2 Å². The van der Waals surface area contributed by atoms with Gasteiger partial charge in [0.1, 0.15) is 25.0 Å². The van der Waals surface area contributed by atoms with Crippen molar-refractivity contribution in [3.63, 3.8) is 0 Å². The molecule has 20 nitrogen and oxygen atoms in total. The first-order valence-corrected chi connectivity index (χ1v) is 23.3. The average Bonchev–Trinajstić information content (AvgIpc) is 3.69. The number of benzene rings is 2. The summed E-state index contributed by atoms with van der Waals surface area (Å²) < 4.78 is 18.0. The van der Waals surface area contributed by atoms with Crippen LogP contribution in [0.25, 0.3) is 22.3 Å². The Morgan fingerprint density at radius 2 is 1.69 bits per heavy atom. The van der Waals surface area contributed by atoms with E-state index in [9.17, 15) is 38.7 Å². The van der Waals surface area contributed by atoms with Crippen LogP contribution in [-0.4, -0.2) is 112 Å². The van der Waals surface area contributed by atoms with Crippen molar-refractivity contribution < 1.29 is 48.1 Å². The number of primary amides is 1. The third kappa shape index (κ3) is 11.7. The van der Waals surface area contributed by atoms with E-state index in [0.29, 0.717) is 46.4 Å². The van der Waals surface area contributed by atoms with Gasteiger partial charge in [-0.1, -0.05) is 52.8 Å². The molecule has 2 aliphatic rings. The van der Waals surface area contributed by atoms with E-state index in [2.05, 4.69) is 27.8 Å². The summed E-state index contributed by atoms with van der Waals surface area (Å²) in [4.78, 5) is 98.0. The predicted octanol–water partition coefficient (Wildman–Crippen LogP) is 4.40. The SMILES string of the molecule is C=CCc1c2c(nc3ccc(OC(=O)N(C)CCN(C)C(=O)OCc4ccc(NC(=O)[C@H](CCCNC(N)=O)NC(=O)[C@@H](NC(C)C)C(C)C)cc4)cc13)-c1cc3c(c(=O)n1C2)COC(=O)[C@]3(O)CC. The van der Waals surface area contributed by atoms with E-state index in [1.165, 1.54) is 23.9 Å². The second kappa shape index (κ2) is 22.4. The quantitative estimate of drug-likeness (QED) is 0.0359. The first kappa shape index (κ1) is 52.1. The lowest BCUT2D eigenvalue weighted by Crippen LogP contribution is -2.54. The Labute approximate surface area is 405 Å². The Balaban J connectivity index is 1.02. The number of carbonyl (C=O) groups excluding carboxylic acids is 6. The summed E-state index contributed by atoms with van der Waals surface area (Å²) in [7, 11) is 3.08. The number of amides is 6. The largest absolute Gasteiger partial charge is 0.458 e. The maximum atomic E-state index is 13.8. The zero-order chi connectivity index (χ0) is 51.0. The molecule has 3 atom stereocenters. The normalized spacial score (nSPS) is 15.5. The van der Waals surface area contributed by atoms with Gasteiger partial charge in [0.25, 0.3) is 5.56 Å². The van der Waals surface area contributed by atoms with Crippen LogP contribution in [0.1, 0.15) is 81.7 Å². The van der Waals surface area contributed by atoms with E-state index in [-0.39, 0.29) is 92.5 Å². The van der Waals surface area contributed by atoms with Crippen LogP contribution in [0.3, 0.4) is 0 Å². The molecule has 0 spiro atoms. The van der Waals surface area contributed by atoms with Gasteiger partial charge in [0, 0.05) is 62.0 Å². The Morgan fingerprint density at radius 3 is 2.33 bits per heavy atom. The van der Waals surface area contributed by atoms with Crippen LogP contribution < -0.4 is 37.3 Å². The molecule has 0 bridgehead atoms. The van der Waals surface area contributed by atoms with Gasteiger partial charge in [-0.3, -0.25) is 14.4 Å². The molecule has 0 unspecified atom stereocenters. The Bertz CT molecular complexity index is 2720. The van der Waals surface area contributed by atoms with E-state index in [1.807, 2.05) is 27.7 Å². The van der Waals surface area contributed by atoms with Gasteiger partial charge in [-0.05, 0) is 79.1 Å². The summed E-state index contributed by atoms with van der Waals surface area (Å²) in [5.74, 6) is -1.36. The smallest absolute Gasteiger partial charge is 0.415 e. The standard InChI is InChI=1S/C50H63N9O11/c1-9-12-33-34-23-32(18-19-38(34)55-42-35(33)25-59-40(42)24-37-36(45(59)62)27-68-46(63)50(37,67)10-2)70-49(66)58(8)22-21-57(7)48(65)69-26-30-14-16-31(17-15-30)54-43(60)39(13-11-20-52-47(51)64)56-44(61)41(28(3)4)53-29(5)6/h9,14-19,23-24,28-29,39,41,53,67H,1,10-13,20-22,25-27H2,2-8H3,(H,54,60)(H,56,61)(H3,51,52,64)/t39-,41-,50-/m0/s1. The number of aromatic nitrogens is 2. The summed E-state index contributed by atoms with van der Waals surface area (Å²) >= 11 is 0. The molecule has 6 rings (SSSR count). The number of nitrogens with one attached hydrogen (secondary N) is 4. The zero-order valence-corrected chi connectivity index (χ0v) is 40.7. The fraction of sp³-hybridized carbons (Fsp3) is 0.440. The lowest BCUT2D eigenvalue weighted by Gasteiger charge is -2.31. The van der Waals surface area contributed by atoms with Crippen molar-refractivity contribution in [3.8, 4) is 17.1 Å². The van der Waals surface area contributed by atoms with Gasteiger partial charge in [-0.2, -0.15) is 0 Å². The Hall–Kier alpha value is -7.32. The number of aliphatic hydroxyl groups is 1. The molecule has 374 valence electrons. The highest BCUT2D eigenvalue weighted by Gasteiger charge is 2.45. The molecule has 20 heteroatoms. The predicted molar refractivity (Wildman–Crippen MR) is 261 cm³/mol. The molecular formula is C50H63N9O11. The number of hydrogen-bond acceptors (Lipinski definition) is 13. The number of rotatable bonds is 20. The number of nitrogens with zero attached hydrogens (tertiary/aromatic N) is 4.